The Balaban J connectivity index is 1.92. The van der Waals surface area contributed by atoms with Crippen molar-refractivity contribution in [3.63, 3.8) is 0 Å². The van der Waals surface area contributed by atoms with Gasteiger partial charge < -0.3 is 5.32 Å². The topological polar surface area (TPSA) is 15.3 Å². The summed E-state index contributed by atoms with van der Waals surface area (Å²) in [6, 6.07) is 12.6. The van der Waals surface area contributed by atoms with Crippen molar-refractivity contribution in [3.05, 3.63) is 35.9 Å². The fourth-order valence-electron chi connectivity index (χ4n) is 2.69. The van der Waals surface area contributed by atoms with Crippen LogP contribution in [-0.4, -0.2) is 30.1 Å². The molecule has 0 saturated carbocycles. The summed E-state index contributed by atoms with van der Waals surface area (Å²) in [6.07, 6.45) is 1.27. The van der Waals surface area contributed by atoms with Crippen molar-refractivity contribution in [2.24, 2.45) is 0 Å². The lowest BCUT2D eigenvalue weighted by molar-refractivity contribution is 0.254. The first-order chi connectivity index (χ1) is 8.16. The van der Waals surface area contributed by atoms with Crippen LogP contribution in [-0.2, 0) is 0 Å². The second-order valence-electron chi connectivity index (χ2n) is 5.39. The van der Waals surface area contributed by atoms with Crippen LogP contribution in [0.3, 0.4) is 0 Å². The highest BCUT2D eigenvalue weighted by Crippen LogP contribution is 2.24. The summed E-state index contributed by atoms with van der Waals surface area (Å²) in [5, 5.41) is 3.64. The third kappa shape index (κ3) is 3.30. The molecule has 1 N–H and O–H groups in total. The molecule has 1 saturated heterocycles. The van der Waals surface area contributed by atoms with E-state index in [2.05, 4.69) is 61.3 Å². The zero-order chi connectivity index (χ0) is 12.3. The highest BCUT2D eigenvalue weighted by molar-refractivity contribution is 5.18. The third-order valence-electron chi connectivity index (χ3n) is 3.62. The first-order valence-corrected chi connectivity index (χ1v) is 6.72. The Hall–Kier alpha value is -0.860. The van der Waals surface area contributed by atoms with Crippen LogP contribution in [0.25, 0.3) is 0 Å². The summed E-state index contributed by atoms with van der Waals surface area (Å²) < 4.78 is 0. The number of benzene rings is 1. The number of hydrogen-bond acceptors (Lipinski definition) is 2. The molecular weight excluding hydrogens is 208 g/mol. The van der Waals surface area contributed by atoms with Crippen LogP contribution in [0.1, 0.15) is 38.8 Å². The maximum absolute atomic E-state index is 3.64. The first-order valence-electron chi connectivity index (χ1n) is 6.72. The normalized spacial score (nSPS) is 23.2. The molecule has 1 aliphatic heterocycles. The summed E-state index contributed by atoms with van der Waals surface area (Å²) in [7, 11) is 0. The van der Waals surface area contributed by atoms with Gasteiger partial charge in [0.25, 0.3) is 0 Å². The number of hydrogen-bond donors (Lipinski definition) is 1. The van der Waals surface area contributed by atoms with Gasteiger partial charge in [0.2, 0.25) is 0 Å². The van der Waals surface area contributed by atoms with Crippen LogP contribution in [0.15, 0.2) is 30.3 Å². The van der Waals surface area contributed by atoms with Crippen molar-refractivity contribution < 1.29 is 0 Å². The number of likely N-dealkylation sites (tertiary alicyclic amines) is 1. The maximum atomic E-state index is 3.64. The predicted molar refractivity (Wildman–Crippen MR) is 73.1 cm³/mol. The molecule has 0 aliphatic carbocycles. The Labute approximate surface area is 105 Å². The van der Waals surface area contributed by atoms with Crippen molar-refractivity contribution in [3.8, 4) is 0 Å². The molecule has 0 amide bonds. The lowest BCUT2D eigenvalue weighted by atomic mass is 10.1. The van der Waals surface area contributed by atoms with Crippen molar-refractivity contribution in [2.45, 2.75) is 45.3 Å². The fraction of sp³-hybridized carbons (Fsp3) is 0.600. The molecule has 2 heteroatoms. The van der Waals surface area contributed by atoms with Crippen LogP contribution in [0.4, 0.5) is 0 Å². The van der Waals surface area contributed by atoms with Gasteiger partial charge in [-0.2, -0.15) is 0 Å². The SMILES string of the molecule is CC(C)NC1CCN(C(C)c2ccccc2)C1. The number of nitrogens with one attached hydrogen (secondary N) is 1. The van der Waals surface area contributed by atoms with Gasteiger partial charge in [0.1, 0.15) is 0 Å². The van der Waals surface area contributed by atoms with E-state index < -0.39 is 0 Å². The second kappa shape index (κ2) is 5.65. The monoisotopic (exact) mass is 232 g/mol. The van der Waals surface area contributed by atoms with Gasteiger partial charge in [-0.25, -0.2) is 0 Å². The highest BCUT2D eigenvalue weighted by Gasteiger charge is 2.26. The molecule has 1 heterocycles. The minimum Gasteiger partial charge on any atom is -0.310 e. The van der Waals surface area contributed by atoms with Gasteiger partial charge >= 0.3 is 0 Å². The van der Waals surface area contributed by atoms with E-state index in [9.17, 15) is 0 Å². The maximum Gasteiger partial charge on any atom is 0.0320 e. The van der Waals surface area contributed by atoms with Crippen molar-refractivity contribution in [2.75, 3.05) is 13.1 Å². The van der Waals surface area contributed by atoms with Crippen LogP contribution < -0.4 is 5.32 Å². The van der Waals surface area contributed by atoms with E-state index >= 15 is 0 Å². The summed E-state index contributed by atoms with van der Waals surface area (Å²) >= 11 is 0. The summed E-state index contributed by atoms with van der Waals surface area (Å²) in [4.78, 5) is 2.58. The van der Waals surface area contributed by atoms with Gasteiger partial charge in [0.05, 0.1) is 0 Å². The number of rotatable bonds is 4. The molecule has 0 aromatic heterocycles. The molecule has 94 valence electrons. The molecule has 0 radical (unpaired) electrons. The minimum absolute atomic E-state index is 0.537. The first kappa shape index (κ1) is 12.6. The minimum atomic E-state index is 0.537. The van der Waals surface area contributed by atoms with Crippen LogP contribution in [0.2, 0.25) is 0 Å². The molecular formula is C15H24N2. The fourth-order valence-corrected chi connectivity index (χ4v) is 2.69. The average Bonchev–Trinajstić information content (AvgIpc) is 2.77. The summed E-state index contributed by atoms with van der Waals surface area (Å²) in [6.45, 7) is 9.15. The molecule has 1 aromatic rings. The zero-order valence-electron chi connectivity index (χ0n) is 11.2. The van der Waals surface area contributed by atoms with Crippen LogP contribution >= 0.6 is 0 Å². The molecule has 2 nitrogen and oxygen atoms in total. The van der Waals surface area contributed by atoms with Gasteiger partial charge in [-0.3, -0.25) is 4.90 Å². The average molecular weight is 232 g/mol. The summed E-state index contributed by atoms with van der Waals surface area (Å²) in [5.41, 5.74) is 1.43. The molecule has 2 unspecified atom stereocenters. The Morgan fingerprint density at radius 3 is 2.53 bits per heavy atom. The molecule has 0 bridgehead atoms. The molecule has 2 rings (SSSR count). The molecule has 1 fully saturated rings. The van der Waals surface area contributed by atoms with E-state index in [0.29, 0.717) is 18.1 Å². The van der Waals surface area contributed by atoms with Crippen LogP contribution in [0.5, 0.6) is 0 Å². The van der Waals surface area contributed by atoms with E-state index in [1.54, 1.807) is 0 Å². The largest absolute Gasteiger partial charge is 0.310 e. The third-order valence-corrected chi connectivity index (χ3v) is 3.62. The van der Waals surface area contributed by atoms with Gasteiger partial charge in [0, 0.05) is 31.2 Å². The quantitative estimate of drug-likeness (QED) is 0.858. The van der Waals surface area contributed by atoms with Gasteiger partial charge in [0.15, 0.2) is 0 Å². The molecule has 1 aliphatic rings. The van der Waals surface area contributed by atoms with E-state index in [4.69, 9.17) is 0 Å². The lowest BCUT2D eigenvalue weighted by Crippen LogP contribution is -2.37. The van der Waals surface area contributed by atoms with Crippen molar-refractivity contribution >= 4 is 0 Å². The molecule has 1 aromatic carbocycles. The Morgan fingerprint density at radius 1 is 1.18 bits per heavy atom. The van der Waals surface area contributed by atoms with Gasteiger partial charge in [-0.15, -0.1) is 0 Å². The van der Waals surface area contributed by atoms with Gasteiger partial charge in [-0.05, 0) is 18.9 Å². The number of nitrogens with zero attached hydrogens (tertiary/aromatic N) is 1. The van der Waals surface area contributed by atoms with E-state index in [1.807, 2.05) is 0 Å². The Kier molecular flexibility index (Phi) is 4.19. The van der Waals surface area contributed by atoms with Crippen LogP contribution in [0, 0.1) is 0 Å². The smallest absolute Gasteiger partial charge is 0.0320 e. The second-order valence-corrected chi connectivity index (χ2v) is 5.39. The Bertz CT molecular complexity index is 334. The molecule has 0 spiro atoms. The molecule has 17 heavy (non-hydrogen) atoms. The predicted octanol–water partition coefficient (Wildman–Crippen LogP) is 2.82. The van der Waals surface area contributed by atoms with Crippen molar-refractivity contribution in [1.29, 1.82) is 0 Å². The molecule has 2 atom stereocenters. The summed E-state index contributed by atoms with van der Waals surface area (Å²) in [5.74, 6) is 0. The lowest BCUT2D eigenvalue weighted by Gasteiger charge is -2.25. The van der Waals surface area contributed by atoms with Gasteiger partial charge in [-0.1, -0.05) is 44.2 Å². The standard InChI is InChI=1S/C15H24N2/c1-12(2)16-15-9-10-17(11-15)13(3)14-7-5-4-6-8-14/h4-8,12-13,15-16H,9-11H2,1-3H3. The van der Waals surface area contributed by atoms with Crippen molar-refractivity contribution in [1.82, 2.24) is 10.2 Å². The Morgan fingerprint density at radius 2 is 1.88 bits per heavy atom. The zero-order valence-corrected chi connectivity index (χ0v) is 11.2. The van der Waals surface area contributed by atoms with E-state index in [0.717, 1.165) is 0 Å². The van der Waals surface area contributed by atoms with E-state index in [1.165, 1.54) is 25.1 Å². The van der Waals surface area contributed by atoms with E-state index in [-0.39, 0.29) is 0 Å². The highest BCUT2D eigenvalue weighted by atomic mass is 15.2.